The predicted molar refractivity (Wildman–Crippen MR) is 90.1 cm³/mol. The summed E-state index contributed by atoms with van der Waals surface area (Å²) < 4.78 is 24.7. The fourth-order valence-electron chi connectivity index (χ4n) is 3.44. The molecule has 0 unspecified atom stereocenters. The van der Waals surface area contributed by atoms with Crippen LogP contribution in [0.25, 0.3) is 0 Å². The van der Waals surface area contributed by atoms with Gasteiger partial charge < -0.3 is 4.90 Å². The van der Waals surface area contributed by atoms with Crippen LogP contribution in [0.4, 0.5) is 10.5 Å². The zero-order chi connectivity index (χ0) is 16.6. The first-order valence-electron chi connectivity index (χ1n) is 7.95. The molecule has 126 valence electrons. The molecule has 3 rings (SSSR count). The lowest BCUT2D eigenvalue weighted by Gasteiger charge is -2.37. The van der Waals surface area contributed by atoms with Crippen LogP contribution in [-0.4, -0.2) is 62.6 Å². The zero-order valence-corrected chi connectivity index (χ0v) is 14.4. The standard InChI is InChI=1S/C16H23N3O3S/c1-17(14-8-10-18(11-9-14)23(2,21)22)16(20)19-12-7-13-5-3-4-6-15(13)19/h3-6,14H,7-12H2,1-2H3. The summed E-state index contributed by atoms with van der Waals surface area (Å²) in [5, 5.41) is 0. The van der Waals surface area contributed by atoms with Gasteiger partial charge in [0.25, 0.3) is 0 Å². The number of fused-ring (bicyclic) bond motifs is 1. The topological polar surface area (TPSA) is 60.9 Å². The second-order valence-electron chi connectivity index (χ2n) is 6.32. The van der Waals surface area contributed by atoms with Crippen molar-refractivity contribution in [2.45, 2.75) is 25.3 Å². The van der Waals surface area contributed by atoms with Gasteiger partial charge in [0.2, 0.25) is 10.0 Å². The molecule has 0 radical (unpaired) electrons. The molecule has 0 N–H and O–H groups in total. The molecule has 0 aliphatic carbocycles. The second-order valence-corrected chi connectivity index (χ2v) is 8.30. The van der Waals surface area contributed by atoms with E-state index in [1.54, 1.807) is 4.90 Å². The number of amides is 2. The number of carbonyl (C=O) groups excluding carboxylic acids is 1. The van der Waals surface area contributed by atoms with Crippen molar-refractivity contribution in [3.05, 3.63) is 29.8 Å². The van der Waals surface area contributed by atoms with Gasteiger partial charge in [-0.05, 0) is 30.9 Å². The molecule has 1 fully saturated rings. The zero-order valence-electron chi connectivity index (χ0n) is 13.6. The summed E-state index contributed by atoms with van der Waals surface area (Å²) in [4.78, 5) is 16.4. The van der Waals surface area contributed by atoms with E-state index >= 15 is 0 Å². The number of benzene rings is 1. The predicted octanol–water partition coefficient (Wildman–Crippen LogP) is 1.52. The van der Waals surface area contributed by atoms with Crippen LogP contribution in [0.5, 0.6) is 0 Å². The van der Waals surface area contributed by atoms with Crippen LogP contribution in [-0.2, 0) is 16.4 Å². The molecule has 23 heavy (non-hydrogen) atoms. The van der Waals surface area contributed by atoms with Gasteiger partial charge in [-0.15, -0.1) is 0 Å². The third-order valence-corrected chi connectivity index (χ3v) is 6.16. The van der Waals surface area contributed by atoms with E-state index in [1.807, 2.05) is 30.1 Å². The Hall–Kier alpha value is -1.60. The van der Waals surface area contributed by atoms with Gasteiger partial charge in [0.1, 0.15) is 0 Å². The summed E-state index contributed by atoms with van der Waals surface area (Å²) in [7, 11) is -1.31. The highest BCUT2D eigenvalue weighted by Gasteiger charge is 2.33. The monoisotopic (exact) mass is 337 g/mol. The average molecular weight is 337 g/mol. The van der Waals surface area contributed by atoms with Crippen molar-refractivity contribution in [2.24, 2.45) is 0 Å². The van der Waals surface area contributed by atoms with Crippen LogP contribution >= 0.6 is 0 Å². The molecule has 0 bridgehead atoms. The maximum Gasteiger partial charge on any atom is 0.324 e. The van der Waals surface area contributed by atoms with Gasteiger partial charge in [-0.3, -0.25) is 4.90 Å². The van der Waals surface area contributed by atoms with Gasteiger partial charge >= 0.3 is 6.03 Å². The Balaban J connectivity index is 1.66. The second kappa shape index (κ2) is 6.13. The lowest BCUT2D eigenvalue weighted by molar-refractivity contribution is 0.169. The Morgan fingerprint density at radius 1 is 1.17 bits per heavy atom. The molecule has 1 saturated heterocycles. The molecule has 2 heterocycles. The number of carbonyl (C=O) groups is 1. The van der Waals surface area contributed by atoms with Crippen molar-refractivity contribution >= 4 is 21.7 Å². The van der Waals surface area contributed by atoms with Gasteiger partial charge in [-0.25, -0.2) is 17.5 Å². The Labute approximate surface area is 137 Å². The van der Waals surface area contributed by atoms with Gasteiger partial charge in [-0.2, -0.15) is 0 Å². The minimum atomic E-state index is -3.13. The molecular formula is C16H23N3O3S. The van der Waals surface area contributed by atoms with Crippen LogP contribution in [0.15, 0.2) is 24.3 Å². The van der Waals surface area contributed by atoms with E-state index in [0.29, 0.717) is 32.5 Å². The normalized spacial score (nSPS) is 19.7. The van der Waals surface area contributed by atoms with E-state index in [9.17, 15) is 13.2 Å². The molecule has 2 aliphatic rings. The van der Waals surface area contributed by atoms with E-state index in [4.69, 9.17) is 0 Å². The smallest absolute Gasteiger partial charge is 0.324 e. The largest absolute Gasteiger partial charge is 0.324 e. The summed E-state index contributed by atoms with van der Waals surface area (Å²) in [5.74, 6) is 0. The number of hydrogen-bond acceptors (Lipinski definition) is 3. The fourth-order valence-corrected chi connectivity index (χ4v) is 4.32. The highest BCUT2D eigenvalue weighted by molar-refractivity contribution is 7.88. The number of anilines is 1. The Kier molecular flexibility index (Phi) is 4.33. The SMILES string of the molecule is CN(C(=O)N1CCc2ccccc21)C1CCN(S(C)(=O)=O)CC1. The van der Waals surface area contributed by atoms with E-state index in [1.165, 1.54) is 16.1 Å². The number of para-hydroxylation sites is 1. The number of hydrogen-bond donors (Lipinski definition) is 0. The molecule has 0 aromatic heterocycles. The van der Waals surface area contributed by atoms with E-state index < -0.39 is 10.0 Å². The van der Waals surface area contributed by atoms with Crippen molar-refractivity contribution < 1.29 is 13.2 Å². The van der Waals surface area contributed by atoms with Crippen molar-refractivity contribution in [1.82, 2.24) is 9.21 Å². The Morgan fingerprint density at radius 2 is 1.83 bits per heavy atom. The first-order valence-corrected chi connectivity index (χ1v) is 9.80. The van der Waals surface area contributed by atoms with Crippen molar-refractivity contribution in [1.29, 1.82) is 0 Å². The molecule has 2 amide bonds. The third kappa shape index (κ3) is 3.21. The first-order chi connectivity index (χ1) is 10.9. The minimum absolute atomic E-state index is 0.00718. The van der Waals surface area contributed by atoms with Crippen LogP contribution in [0.3, 0.4) is 0 Å². The fraction of sp³-hybridized carbons (Fsp3) is 0.562. The number of sulfonamides is 1. The molecule has 2 aliphatic heterocycles. The van der Waals surface area contributed by atoms with Gasteiger partial charge in [0.05, 0.1) is 6.26 Å². The van der Waals surface area contributed by atoms with Crippen LogP contribution < -0.4 is 4.90 Å². The highest BCUT2D eigenvalue weighted by Crippen LogP contribution is 2.29. The average Bonchev–Trinajstić information content (AvgIpc) is 2.97. The molecule has 1 aromatic carbocycles. The van der Waals surface area contributed by atoms with E-state index in [2.05, 4.69) is 6.07 Å². The highest BCUT2D eigenvalue weighted by atomic mass is 32.2. The Morgan fingerprint density at radius 3 is 2.48 bits per heavy atom. The summed E-state index contributed by atoms with van der Waals surface area (Å²) in [6.45, 7) is 1.68. The van der Waals surface area contributed by atoms with Gasteiger partial charge in [0.15, 0.2) is 0 Å². The molecule has 0 atom stereocenters. The molecular weight excluding hydrogens is 314 g/mol. The van der Waals surface area contributed by atoms with Crippen LogP contribution in [0.2, 0.25) is 0 Å². The maximum atomic E-state index is 12.8. The van der Waals surface area contributed by atoms with Crippen molar-refractivity contribution in [3.8, 4) is 0 Å². The maximum absolute atomic E-state index is 12.8. The number of urea groups is 1. The minimum Gasteiger partial charge on any atom is -0.324 e. The third-order valence-electron chi connectivity index (χ3n) is 4.86. The number of nitrogens with zero attached hydrogens (tertiary/aromatic N) is 3. The van der Waals surface area contributed by atoms with Crippen molar-refractivity contribution in [3.63, 3.8) is 0 Å². The van der Waals surface area contributed by atoms with E-state index in [0.717, 1.165) is 12.1 Å². The lowest BCUT2D eigenvalue weighted by Crippen LogP contribution is -2.50. The summed E-state index contributed by atoms with van der Waals surface area (Å²) in [6.07, 6.45) is 3.50. The number of piperidine rings is 1. The number of rotatable bonds is 2. The first kappa shape index (κ1) is 16.3. The van der Waals surface area contributed by atoms with E-state index in [-0.39, 0.29) is 12.1 Å². The van der Waals surface area contributed by atoms with Gasteiger partial charge in [-0.1, -0.05) is 18.2 Å². The molecule has 1 aromatic rings. The summed E-state index contributed by atoms with van der Waals surface area (Å²) in [6, 6.07) is 8.10. The molecule has 6 nitrogen and oxygen atoms in total. The van der Waals surface area contributed by atoms with Crippen LogP contribution in [0.1, 0.15) is 18.4 Å². The molecule has 0 spiro atoms. The Bertz CT molecular complexity index is 696. The molecule has 0 saturated carbocycles. The molecule has 7 heteroatoms. The van der Waals surface area contributed by atoms with Crippen LogP contribution in [0, 0.1) is 0 Å². The van der Waals surface area contributed by atoms with Gasteiger partial charge in [0, 0.05) is 38.4 Å². The quantitative estimate of drug-likeness (QED) is 0.822. The van der Waals surface area contributed by atoms with Crippen molar-refractivity contribution in [2.75, 3.05) is 37.8 Å². The summed E-state index contributed by atoms with van der Waals surface area (Å²) in [5.41, 5.74) is 2.21. The lowest BCUT2D eigenvalue weighted by atomic mass is 10.1. The summed E-state index contributed by atoms with van der Waals surface area (Å²) >= 11 is 0.